The van der Waals surface area contributed by atoms with Crippen LogP contribution in [-0.4, -0.2) is 28.0 Å². The number of aliphatic hydroxyl groups excluding tert-OH is 1. The highest BCUT2D eigenvalue weighted by Gasteiger charge is 2.32. The van der Waals surface area contributed by atoms with Crippen molar-refractivity contribution in [3.63, 3.8) is 0 Å². The number of aliphatic hydroxyl groups is 1. The van der Waals surface area contributed by atoms with E-state index in [1.165, 1.54) is 0 Å². The van der Waals surface area contributed by atoms with E-state index < -0.39 is 0 Å². The van der Waals surface area contributed by atoms with Crippen molar-refractivity contribution >= 4 is 23.1 Å². The largest absolute Gasteiger partial charge is 0.393 e. The van der Waals surface area contributed by atoms with Crippen molar-refractivity contribution in [3.8, 4) is 0 Å². The molecule has 0 amide bonds. The van der Waals surface area contributed by atoms with E-state index in [9.17, 15) is 9.90 Å². The fraction of sp³-hybridized carbons (Fsp3) is 0.571. The third kappa shape index (κ3) is 2.90. The maximum atomic E-state index is 12.2. The smallest absolute Gasteiger partial charge is 0.169 e. The number of carbonyl (C=O) groups excluding carboxylic acids is 1. The third-order valence-corrected chi connectivity index (χ3v) is 4.06. The van der Waals surface area contributed by atoms with Crippen molar-refractivity contribution in [2.45, 2.75) is 44.2 Å². The number of rotatable bonds is 4. The first-order valence-electron chi connectivity index (χ1n) is 6.78. The minimum atomic E-state index is -0.239. The first-order valence-corrected chi connectivity index (χ1v) is 7.15. The number of anilines is 1. The van der Waals surface area contributed by atoms with Gasteiger partial charge in [0, 0.05) is 23.8 Å². The molecule has 1 aromatic rings. The summed E-state index contributed by atoms with van der Waals surface area (Å²) in [4.78, 5) is 16.2. The molecule has 3 rings (SSSR count). The summed E-state index contributed by atoms with van der Waals surface area (Å²) < 4.78 is 0. The zero-order chi connectivity index (χ0) is 13.4. The van der Waals surface area contributed by atoms with Gasteiger partial charge in [0.25, 0.3) is 0 Å². The number of nitrogens with zero attached hydrogens (tertiary/aromatic N) is 1. The Labute approximate surface area is 117 Å². The van der Waals surface area contributed by atoms with Crippen LogP contribution in [0.1, 0.15) is 42.5 Å². The van der Waals surface area contributed by atoms with Gasteiger partial charge < -0.3 is 10.4 Å². The molecule has 2 fully saturated rings. The van der Waals surface area contributed by atoms with Crippen LogP contribution in [0.3, 0.4) is 0 Å². The first kappa shape index (κ1) is 12.9. The highest BCUT2D eigenvalue weighted by molar-refractivity contribution is 6.29. The maximum Gasteiger partial charge on any atom is 0.169 e. The van der Waals surface area contributed by atoms with E-state index in [2.05, 4.69) is 10.3 Å². The van der Waals surface area contributed by atoms with Crippen molar-refractivity contribution in [1.29, 1.82) is 0 Å². The summed E-state index contributed by atoms with van der Waals surface area (Å²) in [6.07, 6.45) is 5.72. The molecule has 0 bridgehead atoms. The van der Waals surface area contributed by atoms with Crippen molar-refractivity contribution in [1.82, 2.24) is 4.98 Å². The third-order valence-electron chi connectivity index (χ3n) is 3.85. The van der Waals surface area contributed by atoms with Gasteiger partial charge in [-0.05, 0) is 38.2 Å². The lowest BCUT2D eigenvalue weighted by molar-refractivity contribution is 0.0968. The molecule has 0 aromatic carbocycles. The van der Waals surface area contributed by atoms with E-state index in [-0.39, 0.29) is 23.8 Å². The number of aromatic nitrogens is 1. The predicted molar refractivity (Wildman–Crippen MR) is 73.6 cm³/mol. The zero-order valence-corrected chi connectivity index (χ0v) is 11.4. The molecule has 2 saturated carbocycles. The number of hydrogen-bond donors (Lipinski definition) is 2. The molecule has 19 heavy (non-hydrogen) atoms. The van der Waals surface area contributed by atoms with E-state index in [0.717, 1.165) is 37.8 Å². The van der Waals surface area contributed by atoms with E-state index in [1.54, 1.807) is 12.3 Å². The predicted octanol–water partition coefficient (Wildman–Crippen LogP) is 2.65. The van der Waals surface area contributed by atoms with Crippen LogP contribution in [0.4, 0.5) is 5.69 Å². The highest BCUT2D eigenvalue weighted by atomic mass is 35.5. The van der Waals surface area contributed by atoms with Crippen LogP contribution in [0.5, 0.6) is 0 Å². The van der Waals surface area contributed by atoms with Gasteiger partial charge >= 0.3 is 0 Å². The van der Waals surface area contributed by atoms with E-state index in [0.29, 0.717) is 10.7 Å². The number of pyridine rings is 1. The maximum absolute atomic E-state index is 12.2. The second kappa shape index (κ2) is 5.10. The summed E-state index contributed by atoms with van der Waals surface area (Å²) in [5, 5.41) is 13.3. The molecule has 102 valence electrons. The quantitative estimate of drug-likeness (QED) is 0.657. The molecule has 2 N–H and O–H groups in total. The average Bonchev–Trinajstić information content (AvgIpc) is 3.14. The lowest BCUT2D eigenvalue weighted by Gasteiger charge is -2.16. The number of halogens is 1. The first-order chi connectivity index (χ1) is 9.13. The lowest BCUT2D eigenvalue weighted by atomic mass is 10.1. The Morgan fingerprint density at radius 1 is 1.37 bits per heavy atom. The Hall–Kier alpha value is -1.13. The number of ketones is 1. The molecule has 4 nitrogen and oxygen atoms in total. The Morgan fingerprint density at radius 3 is 2.79 bits per heavy atom. The molecule has 0 saturated heterocycles. The molecule has 1 heterocycles. The zero-order valence-electron chi connectivity index (χ0n) is 10.6. The molecule has 0 aliphatic heterocycles. The summed E-state index contributed by atoms with van der Waals surface area (Å²) in [6, 6.07) is 1.92. The average molecular weight is 281 g/mol. The van der Waals surface area contributed by atoms with Gasteiger partial charge in [-0.3, -0.25) is 4.79 Å². The SMILES string of the molecule is O=C(c1cnc(Cl)cc1N[C@@H]1CC[C@@H](O)C1)C1CC1. The van der Waals surface area contributed by atoms with Crippen molar-refractivity contribution in [2.75, 3.05) is 5.32 Å². The van der Waals surface area contributed by atoms with Gasteiger partial charge in [0.15, 0.2) is 5.78 Å². The summed E-state index contributed by atoms with van der Waals surface area (Å²) >= 11 is 5.92. The van der Waals surface area contributed by atoms with Crippen LogP contribution in [-0.2, 0) is 0 Å². The summed E-state index contributed by atoms with van der Waals surface area (Å²) in [5.41, 5.74) is 1.39. The summed E-state index contributed by atoms with van der Waals surface area (Å²) in [7, 11) is 0. The van der Waals surface area contributed by atoms with Crippen LogP contribution >= 0.6 is 11.6 Å². The molecule has 0 unspecified atom stereocenters. The fourth-order valence-electron chi connectivity index (χ4n) is 2.62. The van der Waals surface area contributed by atoms with Gasteiger partial charge in [0.05, 0.1) is 11.7 Å². The molecule has 0 radical (unpaired) electrons. The minimum Gasteiger partial charge on any atom is -0.393 e. The van der Waals surface area contributed by atoms with Crippen LogP contribution in [0.2, 0.25) is 5.15 Å². The van der Waals surface area contributed by atoms with Gasteiger partial charge in [0.2, 0.25) is 0 Å². The summed E-state index contributed by atoms with van der Waals surface area (Å²) in [6.45, 7) is 0. The van der Waals surface area contributed by atoms with Crippen LogP contribution < -0.4 is 5.32 Å². The molecule has 2 aliphatic carbocycles. The number of hydrogen-bond acceptors (Lipinski definition) is 4. The normalized spacial score (nSPS) is 26.4. The lowest BCUT2D eigenvalue weighted by Crippen LogP contribution is -2.19. The molecule has 0 spiro atoms. The van der Waals surface area contributed by atoms with Gasteiger partial charge in [-0.1, -0.05) is 11.6 Å². The number of carbonyl (C=O) groups is 1. The fourth-order valence-corrected chi connectivity index (χ4v) is 2.78. The van der Waals surface area contributed by atoms with Gasteiger partial charge in [0.1, 0.15) is 5.15 Å². The molecule has 2 aliphatic rings. The molecular formula is C14H17ClN2O2. The second-order valence-corrected chi connectivity index (χ2v) is 5.89. The Bertz CT molecular complexity index is 502. The molecule has 1 aromatic heterocycles. The summed E-state index contributed by atoms with van der Waals surface area (Å²) in [5.74, 6) is 0.322. The number of Topliss-reactive ketones (excluding diaryl/α,β-unsaturated/α-hetero) is 1. The second-order valence-electron chi connectivity index (χ2n) is 5.50. The van der Waals surface area contributed by atoms with Crippen LogP contribution in [0.25, 0.3) is 0 Å². The monoisotopic (exact) mass is 280 g/mol. The van der Waals surface area contributed by atoms with Crippen LogP contribution in [0.15, 0.2) is 12.3 Å². The van der Waals surface area contributed by atoms with Crippen molar-refractivity contribution in [2.24, 2.45) is 5.92 Å². The van der Waals surface area contributed by atoms with Gasteiger partial charge in [-0.15, -0.1) is 0 Å². The molecule has 5 heteroatoms. The Kier molecular flexibility index (Phi) is 3.46. The standard InChI is InChI=1S/C14H17ClN2O2/c15-13-6-12(17-9-3-4-10(18)5-9)11(7-16-13)14(19)8-1-2-8/h6-10,18H,1-5H2,(H,16,17)/t9-,10-/m1/s1. The van der Waals surface area contributed by atoms with Crippen molar-refractivity contribution < 1.29 is 9.90 Å². The topological polar surface area (TPSA) is 62.2 Å². The minimum absolute atomic E-state index is 0.158. The van der Waals surface area contributed by atoms with Gasteiger partial charge in [-0.25, -0.2) is 4.98 Å². The van der Waals surface area contributed by atoms with E-state index >= 15 is 0 Å². The number of nitrogens with one attached hydrogen (secondary N) is 1. The van der Waals surface area contributed by atoms with E-state index in [4.69, 9.17) is 11.6 Å². The van der Waals surface area contributed by atoms with Crippen LogP contribution in [0, 0.1) is 5.92 Å². The van der Waals surface area contributed by atoms with Gasteiger partial charge in [-0.2, -0.15) is 0 Å². The Balaban J connectivity index is 1.81. The molecular weight excluding hydrogens is 264 g/mol. The van der Waals surface area contributed by atoms with Crippen molar-refractivity contribution in [3.05, 3.63) is 23.0 Å². The highest BCUT2D eigenvalue weighted by Crippen LogP contribution is 2.35. The molecule has 2 atom stereocenters. The van der Waals surface area contributed by atoms with E-state index in [1.807, 2.05) is 0 Å². The Morgan fingerprint density at radius 2 is 2.16 bits per heavy atom.